The van der Waals surface area contributed by atoms with Crippen molar-refractivity contribution in [3.8, 4) is 0 Å². The lowest BCUT2D eigenvalue weighted by atomic mass is 10.2. The number of pyridine rings is 1. The average Bonchev–Trinajstić information content (AvgIpc) is 2.42. The van der Waals surface area contributed by atoms with Crippen molar-refractivity contribution in [1.82, 2.24) is 9.88 Å². The highest BCUT2D eigenvalue weighted by Crippen LogP contribution is 2.11. The van der Waals surface area contributed by atoms with Crippen LogP contribution < -0.4 is 0 Å². The van der Waals surface area contributed by atoms with Gasteiger partial charge in [-0.2, -0.15) is 0 Å². The largest absolute Gasteiger partial charge is 0.444 e. The Morgan fingerprint density at radius 2 is 2.23 bits per heavy atom. The molecule has 0 unspecified atom stereocenters. The fourth-order valence-electron chi connectivity index (χ4n) is 1.58. The molecule has 0 spiro atoms. The van der Waals surface area contributed by atoms with E-state index in [0.29, 0.717) is 0 Å². The normalized spacial score (nSPS) is 11.9. The molecule has 6 nitrogen and oxygen atoms in total. The summed E-state index contributed by atoms with van der Waals surface area (Å²) in [4.78, 5) is 17.3. The van der Waals surface area contributed by atoms with Crippen molar-refractivity contribution in [3.05, 3.63) is 42.5 Å². The number of halogens is 1. The van der Waals surface area contributed by atoms with E-state index in [2.05, 4.69) is 16.7 Å². The number of oxime groups is 1. The zero-order valence-electron chi connectivity index (χ0n) is 12.9. The van der Waals surface area contributed by atoms with Crippen LogP contribution >= 0.6 is 0 Å². The minimum atomic E-state index is -0.652. The second-order valence-corrected chi connectivity index (χ2v) is 5.56. The quantitative estimate of drug-likeness (QED) is 0.393. The first-order chi connectivity index (χ1) is 10.3. The van der Waals surface area contributed by atoms with E-state index in [1.54, 1.807) is 20.8 Å². The average molecular weight is 309 g/mol. The molecule has 0 aromatic carbocycles. The van der Waals surface area contributed by atoms with Crippen LogP contribution in [0.4, 0.5) is 9.18 Å². The van der Waals surface area contributed by atoms with Crippen LogP contribution in [-0.2, 0) is 4.74 Å². The minimum absolute atomic E-state index is 0.0456. The molecule has 0 atom stereocenters. The van der Waals surface area contributed by atoms with Gasteiger partial charge >= 0.3 is 6.09 Å². The maximum absolute atomic E-state index is 12.9. The predicted molar refractivity (Wildman–Crippen MR) is 80.5 cm³/mol. The van der Waals surface area contributed by atoms with Gasteiger partial charge in [0.05, 0.1) is 18.4 Å². The first kappa shape index (κ1) is 17.6. The van der Waals surface area contributed by atoms with Crippen molar-refractivity contribution in [2.45, 2.75) is 26.4 Å². The molecule has 0 bridgehead atoms. The third-order valence-electron chi connectivity index (χ3n) is 2.49. The fourth-order valence-corrected chi connectivity index (χ4v) is 1.58. The highest BCUT2D eigenvalue weighted by molar-refractivity contribution is 6.01. The summed E-state index contributed by atoms with van der Waals surface area (Å²) in [5.74, 6) is -0.504. The topological polar surface area (TPSA) is 75.0 Å². The molecule has 1 heterocycles. The zero-order chi connectivity index (χ0) is 16.8. The summed E-state index contributed by atoms with van der Waals surface area (Å²) in [7, 11) is 0. The molecule has 0 saturated carbocycles. The Kier molecular flexibility index (Phi) is 6.03. The molecule has 7 heteroatoms. The Labute approximate surface area is 128 Å². The molecule has 0 aliphatic rings. The van der Waals surface area contributed by atoms with Gasteiger partial charge in [0.15, 0.2) is 0 Å². The van der Waals surface area contributed by atoms with E-state index in [1.165, 1.54) is 23.1 Å². The Hall–Kier alpha value is -2.44. The van der Waals surface area contributed by atoms with E-state index in [9.17, 15) is 9.18 Å². The lowest BCUT2D eigenvalue weighted by Gasteiger charge is -2.26. The monoisotopic (exact) mass is 309 g/mol. The van der Waals surface area contributed by atoms with Crippen molar-refractivity contribution in [2.75, 3.05) is 13.1 Å². The number of ether oxygens (including phenoxy) is 1. The number of amides is 1. The van der Waals surface area contributed by atoms with Gasteiger partial charge in [-0.05, 0) is 32.9 Å². The molecule has 1 aromatic rings. The Morgan fingerprint density at radius 3 is 2.68 bits per heavy atom. The van der Waals surface area contributed by atoms with Crippen LogP contribution in [0.5, 0.6) is 0 Å². The van der Waals surface area contributed by atoms with Crippen LogP contribution in [0, 0.1) is 5.82 Å². The van der Waals surface area contributed by atoms with Gasteiger partial charge in [-0.15, -0.1) is 6.58 Å². The molecule has 0 saturated heterocycles. The molecule has 1 rings (SSSR count). The Balaban J connectivity index is 2.90. The number of hydrogen-bond donors (Lipinski definition) is 1. The Bertz CT molecular complexity index is 550. The first-order valence-electron chi connectivity index (χ1n) is 6.68. The van der Waals surface area contributed by atoms with Crippen molar-refractivity contribution in [2.24, 2.45) is 5.16 Å². The van der Waals surface area contributed by atoms with E-state index in [1.807, 2.05) is 0 Å². The lowest BCUT2D eigenvalue weighted by Crippen LogP contribution is -2.40. The molecule has 1 N–H and O–H groups in total. The molecule has 0 fully saturated rings. The smallest absolute Gasteiger partial charge is 0.410 e. The van der Waals surface area contributed by atoms with E-state index in [4.69, 9.17) is 9.94 Å². The van der Waals surface area contributed by atoms with Gasteiger partial charge in [0.25, 0.3) is 0 Å². The second-order valence-electron chi connectivity index (χ2n) is 5.56. The molecule has 0 radical (unpaired) electrons. The van der Waals surface area contributed by atoms with Crippen molar-refractivity contribution in [1.29, 1.82) is 0 Å². The number of nitrogens with zero attached hydrogens (tertiary/aromatic N) is 3. The third kappa shape index (κ3) is 5.51. The molecule has 22 heavy (non-hydrogen) atoms. The summed E-state index contributed by atoms with van der Waals surface area (Å²) < 4.78 is 18.2. The number of aromatic nitrogens is 1. The standard InChI is InChI=1S/C15H20FN3O3/c1-5-8-19(14(20)22-15(2,3)4)10-13(18-21)12-7-6-11(16)9-17-12/h5-7,9,21H,1,8,10H2,2-4H3/b18-13+. The SMILES string of the molecule is C=CCN(C/C(=N\O)c1ccc(F)cn1)C(=O)OC(C)(C)C. The van der Waals surface area contributed by atoms with Crippen LogP contribution in [0.2, 0.25) is 0 Å². The van der Waals surface area contributed by atoms with Crippen LogP contribution in [0.1, 0.15) is 26.5 Å². The molecule has 120 valence electrons. The van der Waals surface area contributed by atoms with Gasteiger partial charge in [-0.3, -0.25) is 9.88 Å². The predicted octanol–water partition coefficient (Wildman–Crippen LogP) is 2.82. The van der Waals surface area contributed by atoms with Crippen molar-refractivity contribution >= 4 is 11.8 Å². The molecule has 0 aliphatic carbocycles. The maximum atomic E-state index is 12.9. The van der Waals surface area contributed by atoms with Gasteiger partial charge < -0.3 is 9.94 Å². The number of carbonyl (C=O) groups is 1. The summed E-state index contributed by atoms with van der Waals surface area (Å²) in [5, 5.41) is 12.3. The number of hydrogen-bond acceptors (Lipinski definition) is 5. The van der Waals surface area contributed by atoms with E-state index >= 15 is 0 Å². The van der Waals surface area contributed by atoms with E-state index < -0.39 is 17.5 Å². The minimum Gasteiger partial charge on any atom is -0.444 e. The van der Waals surface area contributed by atoms with Crippen LogP contribution in [0.3, 0.4) is 0 Å². The van der Waals surface area contributed by atoms with Crippen LogP contribution in [0.25, 0.3) is 0 Å². The summed E-state index contributed by atoms with van der Waals surface area (Å²) >= 11 is 0. The van der Waals surface area contributed by atoms with E-state index in [0.717, 1.165) is 6.20 Å². The lowest BCUT2D eigenvalue weighted by molar-refractivity contribution is 0.0298. The van der Waals surface area contributed by atoms with Crippen LogP contribution in [-0.4, -0.2) is 45.6 Å². The van der Waals surface area contributed by atoms with Crippen molar-refractivity contribution < 1.29 is 19.1 Å². The Morgan fingerprint density at radius 1 is 1.55 bits per heavy atom. The number of rotatable bonds is 5. The molecule has 1 amide bonds. The maximum Gasteiger partial charge on any atom is 0.410 e. The summed E-state index contributed by atoms with van der Waals surface area (Å²) in [6, 6.07) is 2.56. The van der Waals surface area contributed by atoms with Gasteiger partial charge in [-0.1, -0.05) is 11.2 Å². The van der Waals surface area contributed by atoms with Crippen LogP contribution in [0.15, 0.2) is 36.1 Å². The number of carbonyl (C=O) groups excluding carboxylic acids is 1. The van der Waals surface area contributed by atoms with E-state index in [-0.39, 0.29) is 24.5 Å². The third-order valence-corrected chi connectivity index (χ3v) is 2.49. The summed E-state index contributed by atoms with van der Waals surface area (Å²) in [6.07, 6.45) is 1.96. The van der Waals surface area contributed by atoms with Gasteiger partial charge in [0, 0.05) is 6.54 Å². The first-order valence-corrected chi connectivity index (χ1v) is 6.68. The van der Waals surface area contributed by atoms with Crippen molar-refractivity contribution in [3.63, 3.8) is 0 Å². The van der Waals surface area contributed by atoms with Gasteiger partial charge in [-0.25, -0.2) is 9.18 Å². The zero-order valence-corrected chi connectivity index (χ0v) is 12.9. The van der Waals surface area contributed by atoms with Gasteiger partial charge in [0.2, 0.25) is 0 Å². The molecular weight excluding hydrogens is 289 g/mol. The molecule has 1 aromatic heterocycles. The summed E-state index contributed by atoms with van der Waals surface area (Å²) in [5.41, 5.74) is -0.268. The fraction of sp³-hybridized carbons (Fsp3) is 0.400. The summed E-state index contributed by atoms with van der Waals surface area (Å²) in [6.45, 7) is 8.99. The van der Waals surface area contributed by atoms with Gasteiger partial charge in [0.1, 0.15) is 17.1 Å². The second kappa shape index (κ2) is 7.53. The highest BCUT2D eigenvalue weighted by atomic mass is 19.1. The molecule has 0 aliphatic heterocycles. The molecular formula is C15H20FN3O3. The highest BCUT2D eigenvalue weighted by Gasteiger charge is 2.23.